The number of anilines is 1. The summed E-state index contributed by atoms with van der Waals surface area (Å²) < 4.78 is 10.0. The first-order chi connectivity index (χ1) is 9.65. The van der Waals surface area contributed by atoms with Crippen molar-refractivity contribution in [2.24, 2.45) is 0 Å². The van der Waals surface area contributed by atoms with Crippen molar-refractivity contribution < 1.29 is 14.3 Å². The molecule has 0 aromatic heterocycles. The van der Waals surface area contributed by atoms with Crippen LogP contribution in [-0.2, 0) is 9.53 Å². The van der Waals surface area contributed by atoms with Crippen LogP contribution in [0.15, 0.2) is 18.2 Å². The Hall–Kier alpha value is -1.17. The molecule has 0 amide bonds. The van der Waals surface area contributed by atoms with Gasteiger partial charge in [-0.1, -0.05) is 11.6 Å². The van der Waals surface area contributed by atoms with Gasteiger partial charge in [-0.15, -0.1) is 12.4 Å². The zero-order valence-electron chi connectivity index (χ0n) is 12.1. The molecule has 0 aliphatic carbocycles. The number of esters is 1. The number of carbonyl (C=O) groups is 1. The minimum absolute atomic E-state index is 0. The molecule has 1 unspecified atom stereocenters. The zero-order chi connectivity index (χ0) is 14.5. The number of ether oxygens (including phenoxy) is 2. The van der Waals surface area contributed by atoms with E-state index in [4.69, 9.17) is 21.1 Å². The number of rotatable bonds is 4. The number of halogens is 2. The molecule has 1 aromatic rings. The standard InChI is InChI=1S/C14H19ClN2O3.ClH/c1-19-13-7-10(3-4-12(13)15)17-6-5-16-9-11(17)8-14(18)20-2;/h3-4,7,11,16H,5-6,8-9H2,1-2H3;1H. The Labute approximate surface area is 135 Å². The summed E-state index contributed by atoms with van der Waals surface area (Å²) in [5.41, 5.74) is 1.00. The van der Waals surface area contributed by atoms with Gasteiger partial charge in [-0.2, -0.15) is 0 Å². The van der Waals surface area contributed by atoms with Gasteiger partial charge < -0.3 is 19.7 Å². The van der Waals surface area contributed by atoms with Gasteiger partial charge in [-0.05, 0) is 12.1 Å². The van der Waals surface area contributed by atoms with Gasteiger partial charge in [0.2, 0.25) is 0 Å². The lowest BCUT2D eigenvalue weighted by Gasteiger charge is -2.37. The summed E-state index contributed by atoms with van der Waals surface area (Å²) in [6.07, 6.45) is 0.356. The van der Waals surface area contributed by atoms with Crippen molar-refractivity contribution in [3.05, 3.63) is 23.2 Å². The number of hydrogen-bond donors (Lipinski definition) is 1. The minimum Gasteiger partial charge on any atom is -0.495 e. The second-order valence-electron chi connectivity index (χ2n) is 4.65. The molecule has 1 heterocycles. The van der Waals surface area contributed by atoms with Crippen LogP contribution in [0.2, 0.25) is 5.02 Å². The number of nitrogens with one attached hydrogen (secondary N) is 1. The first-order valence-corrected chi connectivity index (χ1v) is 6.91. The molecule has 0 saturated carbocycles. The van der Waals surface area contributed by atoms with E-state index in [2.05, 4.69) is 10.2 Å². The average molecular weight is 335 g/mol. The normalized spacial score (nSPS) is 17.9. The summed E-state index contributed by atoms with van der Waals surface area (Å²) in [5, 5.41) is 3.88. The second kappa shape index (κ2) is 8.32. The van der Waals surface area contributed by atoms with Crippen molar-refractivity contribution >= 4 is 35.7 Å². The lowest BCUT2D eigenvalue weighted by molar-refractivity contribution is -0.141. The predicted octanol–water partition coefficient (Wildman–Crippen LogP) is 2.11. The van der Waals surface area contributed by atoms with E-state index in [1.54, 1.807) is 7.11 Å². The molecule has 5 nitrogen and oxygen atoms in total. The number of carbonyl (C=O) groups excluding carboxylic acids is 1. The van der Waals surface area contributed by atoms with E-state index in [-0.39, 0.29) is 24.4 Å². The molecule has 1 aliphatic heterocycles. The highest BCUT2D eigenvalue weighted by Gasteiger charge is 2.25. The van der Waals surface area contributed by atoms with Crippen molar-refractivity contribution in [2.75, 3.05) is 38.8 Å². The maximum atomic E-state index is 11.5. The summed E-state index contributed by atoms with van der Waals surface area (Å²) in [5.74, 6) is 0.434. The molecule has 1 atom stereocenters. The van der Waals surface area contributed by atoms with Crippen molar-refractivity contribution in [3.8, 4) is 5.75 Å². The van der Waals surface area contributed by atoms with E-state index in [0.717, 1.165) is 25.3 Å². The SMILES string of the molecule is COC(=O)CC1CNCCN1c1ccc(Cl)c(OC)c1.Cl. The van der Waals surface area contributed by atoms with E-state index in [1.165, 1.54) is 7.11 Å². The molecular weight excluding hydrogens is 315 g/mol. The fourth-order valence-electron chi connectivity index (χ4n) is 2.39. The Kier molecular flexibility index (Phi) is 7.08. The van der Waals surface area contributed by atoms with Gasteiger partial charge in [0.15, 0.2) is 0 Å². The molecule has 1 fully saturated rings. The van der Waals surface area contributed by atoms with E-state index in [1.807, 2.05) is 18.2 Å². The highest BCUT2D eigenvalue weighted by atomic mass is 35.5. The summed E-state index contributed by atoms with van der Waals surface area (Å²) in [6.45, 7) is 2.45. The molecule has 21 heavy (non-hydrogen) atoms. The van der Waals surface area contributed by atoms with Gasteiger partial charge in [0.25, 0.3) is 0 Å². The molecule has 0 spiro atoms. The minimum atomic E-state index is -0.204. The third-order valence-electron chi connectivity index (χ3n) is 3.45. The van der Waals surface area contributed by atoms with Crippen LogP contribution in [-0.4, -0.2) is 45.9 Å². The largest absolute Gasteiger partial charge is 0.495 e. The number of piperazine rings is 1. The Balaban J connectivity index is 0.00000220. The average Bonchev–Trinajstić information content (AvgIpc) is 2.48. The summed E-state index contributed by atoms with van der Waals surface area (Å²) in [6, 6.07) is 5.73. The zero-order valence-corrected chi connectivity index (χ0v) is 13.7. The van der Waals surface area contributed by atoms with Gasteiger partial charge in [0.1, 0.15) is 5.75 Å². The maximum Gasteiger partial charge on any atom is 0.307 e. The molecule has 1 aromatic carbocycles. The Morgan fingerprint density at radius 3 is 2.90 bits per heavy atom. The Bertz CT molecular complexity index is 485. The molecule has 7 heteroatoms. The molecule has 1 N–H and O–H groups in total. The van der Waals surface area contributed by atoms with Crippen LogP contribution < -0.4 is 15.0 Å². The van der Waals surface area contributed by atoms with Crippen LogP contribution in [0.1, 0.15) is 6.42 Å². The fraction of sp³-hybridized carbons (Fsp3) is 0.500. The third-order valence-corrected chi connectivity index (χ3v) is 3.76. The lowest BCUT2D eigenvalue weighted by Crippen LogP contribution is -2.52. The van der Waals surface area contributed by atoms with Crippen LogP contribution in [0.5, 0.6) is 5.75 Å². The first kappa shape index (κ1) is 17.9. The van der Waals surface area contributed by atoms with Gasteiger partial charge in [-0.3, -0.25) is 4.79 Å². The topological polar surface area (TPSA) is 50.8 Å². The van der Waals surface area contributed by atoms with Crippen molar-refractivity contribution in [1.29, 1.82) is 0 Å². The van der Waals surface area contributed by atoms with Crippen LogP contribution in [0, 0.1) is 0 Å². The van der Waals surface area contributed by atoms with Crippen molar-refractivity contribution in [2.45, 2.75) is 12.5 Å². The molecule has 2 rings (SSSR count). The van der Waals surface area contributed by atoms with Crippen LogP contribution in [0.25, 0.3) is 0 Å². The van der Waals surface area contributed by atoms with Gasteiger partial charge in [0, 0.05) is 31.4 Å². The van der Waals surface area contributed by atoms with E-state index in [0.29, 0.717) is 17.2 Å². The van der Waals surface area contributed by atoms with E-state index >= 15 is 0 Å². The number of hydrogen-bond acceptors (Lipinski definition) is 5. The molecule has 118 valence electrons. The summed E-state index contributed by atoms with van der Waals surface area (Å²) in [4.78, 5) is 13.7. The quantitative estimate of drug-likeness (QED) is 0.854. The van der Waals surface area contributed by atoms with Crippen LogP contribution in [0.3, 0.4) is 0 Å². The monoisotopic (exact) mass is 334 g/mol. The predicted molar refractivity (Wildman–Crippen MR) is 85.9 cm³/mol. The lowest BCUT2D eigenvalue weighted by atomic mass is 10.1. The second-order valence-corrected chi connectivity index (χ2v) is 5.06. The molecule has 1 saturated heterocycles. The summed E-state index contributed by atoms with van der Waals surface area (Å²) in [7, 11) is 3.00. The van der Waals surface area contributed by atoms with Crippen LogP contribution in [0.4, 0.5) is 5.69 Å². The number of methoxy groups -OCH3 is 2. The van der Waals surface area contributed by atoms with Gasteiger partial charge in [-0.25, -0.2) is 0 Å². The maximum absolute atomic E-state index is 11.5. The Morgan fingerprint density at radius 2 is 2.24 bits per heavy atom. The highest BCUT2D eigenvalue weighted by Crippen LogP contribution is 2.31. The fourth-order valence-corrected chi connectivity index (χ4v) is 2.58. The van der Waals surface area contributed by atoms with Gasteiger partial charge in [0.05, 0.1) is 31.7 Å². The van der Waals surface area contributed by atoms with E-state index < -0.39 is 0 Å². The van der Waals surface area contributed by atoms with E-state index in [9.17, 15) is 4.79 Å². The first-order valence-electron chi connectivity index (χ1n) is 6.53. The highest BCUT2D eigenvalue weighted by molar-refractivity contribution is 6.32. The number of benzene rings is 1. The van der Waals surface area contributed by atoms with Crippen molar-refractivity contribution in [1.82, 2.24) is 5.32 Å². The van der Waals surface area contributed by atoms with Gasteiger partial charge >= 0.3 is 5.97 Å². The molecule has 0 bridgehead atoms. The van der Waals surface area contributed by atoms with Crippen molar-refractivity contribution in [3.63, 3.8) is 0 Å². The molecular formula is C14H20Cl2N2O3. The third kappa shape index (κ3) is 4.40. The summed E-state index contributed by atoms with van der Waals surface area (Å²) >= 11 is 6.05. The number of nitrogens with zero attached hydrogens (tertiary/aromatic N) is 1. The Morgan fingerprint density at radius 1 is 1.48 bits per heavy atom. The molecule has 0 radical (unpaired) electrons. The molecule has 1 aliphatic rings. The van der Waals surface area contributed by atoms with Crippen LogP contribution >= 0.6 is 24.0 Å². The smallest absolute Gasteiger partial charge is 0.307 e.